The SMILES string of the molecule is C#CC(=C)CCCOC(=O)NCC(=O)OCCCC. The lowest BCUT2D eigenvalue weighted by atomic mass is 10.2. The van der Waals surface area contributed by atoms with Crippen molar-refractivity contribution in [2.24, 2.45) is 0 Å². The Labute approximate surface area is 114 Å². The minimum atomic E-state index is -0.640. The number of esters is 1. The Kier molecular flexibility index (Phi) is 10.00. The zero-order valence-corrected chi connectivity index (χ0v) is 11.4. The third-order valence-electron chi connectivity index (χ3n) is 2.20. The molecule has 0 unspecified atom stereocenters. The minimum Gasteiger partial charge on any atom is -0.464 e. The van der Waals surface area contributed by atoms with E-state index in [1.54, 1.807) is 0 Å². The number of ether oxygens (including phenoxy) is 2. The number of carbonyl (C=O) groups excluding carboxylic acids is 2. The summed E-state index contributed by atoms with van der Waals surface area (Å²) in [6, 6.07) is 0. The van der Waals surface area contributed by atoms with E-state index in [-0.39, 0.29) is 13.2 Å². The van der Waals surface area contributed by atoms with Crippen LogP contribution in [0.15, 0.2) is 12.2 Å². The fraction of sp³-hybridized carbons (Fsp3) is 0.571. The first-order valence-corrected chi connectivity index (χ1v) is 6.30. The van der Waals surface area contributed by atoms with E-state index in [1.807, 2.05) is 6.92 Å². The molecular formula is C14H21NO4. The second-order valence-electron chi connectivity index (χ2n) is 3.91. The maximum atomic E-state index is 11.2. The number of amides is 1. The maximum Gasteiger partial charge on any atom is 0.407 e. The molecule has 0 radical (unpaired) electrons. The average molecular weight is 267 g/mol. The first-order chi connectivity index (χ1) is 9.10. The van der Waals surface area contributed by atoms with Crippen LogP contribution in [0.3, 0.4) is 0 Å². The topological polar surface area (TPSA) is 64.6 Å². The van der Waals surface area contributed by atoms with Crippen LogP contribution in [0.4, 0.5) is 4.79 Å². The summed E-state index contributed by atoms with van der Waals surface area (Å²) >= 11 is 0. The molecule has 5 nitrogen and oxygen atoms in total. The highest BCUT2D eigenvalue weighted by Gasteiger charge is 2.06. The molecule has 0 aromatic carbocycles. The Morgan fingerprint density at radius 1 is 1.26 bits per heavy atom. The monoisotopic (exact) mass is 267 g/mol. The van der Waals surface area contributed by atoms with Gasteiger partial charge >= 0.3 is 12.1 Å². The summed E-state index contributed by atoms with van der Waals surface area (Å²) in [5.74, 6) is 1.94. The molecule has 0 saturated heterocycles. The summed E-state index contributed by atoms with van der Waals surface area (Å²) < 4.78 is 9.71. The van der Waals surface area contributed by atoms with Gasteiger partial charge in [0.2, 0.25) is 0 Å². The van der Waals surface area contributed by atoms with Gasteiger partial charge in [-0.3, -0.25) is 4.79 Å². The van der Waals surface area contributed by atoms with Crippen LogP contribution in [-0.4, -0.2) is 31.8 Å². The van der Waals surface area contributed by atoms with Gasteiger partial charge in [-0.1, -0.05) is 25.8 Å². The predicted octanol–water partition coefficient (Wildman–Crippen LogP) is 2.03. The first-order valence-electron chi connectivity index (χ1n) is 6.30. The van der Waals surface area contributed by atoms with Crippen molar-refractivity contribution in [2.45, 2.75) is 32.6 Å². The number of nitrogens with one attached hydrogen (secondary N) is 1. The highest BCUT2D eigenvalue weighted by Crippen LogP contribution is 2.00. The van der Waals surface area contributed by atoms with Gasteiger partial charge in [-0.15, -0.1) is 6.42 Å². The van der Waals surface area contributed by atoms with Gasteiger partial charge in [0.1, 0.15) is 6.54 Å². The Bertz CT molecular complexity index is 344. The summed E-state index contributed by atoms with van der Waals surface area (Å²) in [5.41, 5.74) is 0.670. The van der Waals surface area contributed by atoms with Crippen LogP contribution in [-0.2, 0) is 14.3 Å². The molecule has 0 heterocycles. The van der Waals surface area contributed by atoms with Gasteiger partial charge in [0.05, 0.1) is 13.2 Å². The molecule has 0 rings (SSSR count). The third-order valence-corrected chi connectivity index (χ3v) is 2.20. The van der Waals surface area contributed by atoms with Crippen molar-refractivity contribution in [3.8, 4) is 12.3 Å². The van der Waals surface area contributed by atoms with Crippen LogP contribution in [0.5, 0.6) is 0 Å². The Balaban J connectivity index is 3.51. The number of carbonyl (C=O) groups is 2. The molecule has 1 amide bonds. The smallest absolute Gasteiger partial charge is 0.407 e. The number of hydrogen-bond donors (Lipinski definition) is 1. The summed E-state index contributed by atoms with van der Waals surface area (Å²) in [7, 11) is 0. The van der Waals surface area contributed by atoms with E-state index < -0.39 is 12.1 Å². The lowest BCUT2D eigenvalue weighted by Gasteiger charge is -2.07. The van der Waals surface area contributed by atoms with Crippen LogP contribution in [0.25, 0.3) is 0 Å². The molecule has 0 atom stereocenters. The second kappa shape index (κ2) is 11.1. The highest BCUT2D eigenvalue weighted by atomic mass is 16.6. The third kappa shape index (κ3) is 10.9. The number of allylic oxidation sites excluding steroid dienone is 1. The quantitative estimate of drug-likeness (QED) is 0.394. The lowest BCUT2D eigenvalue weighted by molar-refractivity contribution is -0.142. The van der Waals surface area contributed by atoms with Crippen LogP contribution in [0.2, 0.25) is 0 Å². The van der Waals surface area contributed by atoms with Crippen molar-refractivity contribution >= 4 is 12.1 Å². The first kappa shape index (κ1) is 17.0. The molecule has 0 aromatic heterocycles. The molecule has 5 heteroatoms. The summed E-state index contributed by atoms with van der Waals surface area (Å²) in [6.07, 6.45) is 7.47. The van der Waals surface area contributed by atoms with E-state index in [1.165, 1.54) is 0 Å². The van der Waals surface area contributed by atoms with E-state index in [0.29, 0.717) is 25.0 Å². The molecule has 0 aromatic rings. The van der Waals surface area contributed by atoms with Crippen molar-refractivity contribution in [3.05, 3.63) is 12.2 Å². The van der Waals surface area contributed by atoms with Gasteiger partial charge in [0.25, 0.3) is 0 Å². The lowest BCUT2D eigenvalue weighted by Crippen LogP contribution is -2.31. The van der Waals surface area contributed by atoms with E-state index in [0.717, 1.165) is 12.8 Å². The van der Waals surface area contributed by atoms with E-state index in [9.17, 15) is 9.59 Å². The Hall–Kier alpha value is -1.96. The van der Waals surface area contributed by atoms with Crippen LogP contribution >= 0.6 is 0 Å². The molecule has 0 bridgehead atoms. The highest BCUT2D eigenvalue weighted by molar-refractivity contribution is 5.77. The van der Waals surface area contributed by atoms with Crippen molar-refractivity contribution < 1.29 is 19.1 Å². The predicted molar refractivity (Wildman–Crippen MR) is 72.4 cm³/mol. The number of terminal acetylenes is 1. The molecule has 0 spiro atoms. The normalized spacial score (nSPS) is 9.26. The molecule has 0 fully saturated rings. The van der Waals surface area contributed by atoms with Crippen molar-refractivity contribution in [2.75, 3.05) is 19.8 Å². The molecule has 0 saturated carbocycles. The maximum absolute atomic E-state index is 11.2. The Morgan fingerprint density at radius 2 is 1.95 bits per heavy atom. The summed E-state index contributed by atoms with van der Waals surface area (Å²) in [4.78, 5) is 22.3. The largest absolute Gasteiger partial charge is 0.464 e. The van der Waals surface area contributed by atoms with Crippen molar-refractivity contribution in [1.29, 1.82) is 0 Å². The number of unbranched alkanes of at least 4 members (excludes halogenated alkanes) is 1. The minimum absolute atomic E-state index is 0.181. The zero-order chi connectivity index (χ0) is 14.5. The van der Waals surface area contributed by atoms with E-state index in [2.05, 4.69) is 17.8 Å². The summed E-state index contributed by atoms with van der Waals surface area (Å²) in [6.45, 7) is 6.06. The molecule has 0 aliphatic rings. The van der Waals surface area contributed by atoms with Gasteiger partial charge in [0.15, 0.2) is 0 Å². The fourth-order valence-corrected chi connectivity index (χ4v) is 1.10. The van der Waals surface area contributed by atoms with Crippen molar-refractivity contribution in [3.63, 3.8) is 0 Å². The second-order valence-corrected chi connectivity index (χ2v) is 3.91. The summed E-state index contributed by atoms with van der Waals surface area (Å²) in [5, 5.41) is 2.31. The Morgan fingerprint density at radius 3 is 2.58 bits per heavy atom. The van der Waals surface area contributed by atoms with Crippen LogP contribution in [0.1, 0.15) is 32.6 Å². The molecule has 106 valence electrons. The van der Waals surface area contributed by atoms with Gasteiger partial charge < -0.3 is 14.8 Å². The standard InChI is InChI=1S/C14H21NO4/c1-4-6-9-18-13(16)11-15-14(17)19-10-7-8-12(3)5-2/h2H,3-4,6-11H2,1H3,(H,15,17). The van der Waals surface area contributed by atoms with Crippen LogP contribution in [0, 0.1) is 12.3 Å². The number of rotatable bonds is 9. The van der Waals surface area contributed by atoms with Crippen LogP contribution < -0.4 is 5.32 Å². The number of hydrogen-bond acceptors (Lipinski definition) is 4. The van der Waals surface area contributed by atoms with E-state index >= 15 is 0 Å². The van der Waals surface area contributed by atoms with Gasteiger partial charge in [0, 0.05) is 0 Å². The van der Waals surface area contributed by atoms with E-state index in [4.69, 9.17) is 15.9 Å². The van der Waals surface area contributed by atoms with Gasteiger partial charge in [-0.2, -0.15) is 0 Å². The van der Waals surface area contributed by atoms with Crippen molar-refractivity contribution in [1.82, 2.24) is 5.32 Å². The molecular weight excluding hydrogens is 246 g/mol. The molecule has 0 aliphatic carbocycles. The average Bonchev–Trinajstić information content (AvgIpc) is 2.41. The van der Waals surface area contributed by atoms with Gasteiger partial charge in [-0.25, -0.2) is 4.79 Å². The zero-order valence-electron chi connectivity index (χ0n) is 11.4. The molecule has 0 aliphatic heterocycles. The number of alkyl carbamates (subject to hydrolysis) is 1. The fourth-order valence-electron chi connectivity index (χ4n) is 1.10. The molecule has 19 heavy (non-hydrogen) atoms. The molecule has 1 N–H and O–H groups in total. The van der Waals surface area contributed by atoms with Gasteiger partial charge in [-0.05, 0) is 24.8 Å².